The molecule has 0 bridgehead atoms. The molecule has 3 aromatic rings. The number of rotatable bonds is 3. The summed E-state index contributed by atoms with van der Waals surface area (Å²) in [4.78, 5) is 40.5. The molecule has 4 rings (SSSR count). The minimum absolute atomic E-state index is 0.0735. The van der Waals surface area contributed by atoms with Gasteiger partial charge in [-0.1, -0.05) is 24.3 Å². The summed E-state index contributed by atoms with van der Waals surface area (Å²) in [6.45, 7) is 1.48. The number of ketones is 1. The number of carbonyl (C=O) groups is 3. The Kier molecular flexibility index (Phi) is 4.89. The summed E-state index contributed by atoms with van der Waals surface area (Å²) in [5.74, 6) is -0.909. The average molecular weight is 436 g/mol. The zero-order valence-electron chi connectivity index (χ0n) is 17.2. The van der Waals surface area contributed by atoms with Gasteiger partial charge in [-0.3, -0.25) is 19.3 Å². The lowest BCUT2D eigenvalue weighted by atomic mass is 10.0. The van der Waals surface area contributed by atoms with Crippen molar-refractivity contribution in [1.29, 1.82) is 0 Å². The van der Waals surface area contributed by atoms with Gasteiger partial charge in [0.1, 0.15) is 6.42 Å². The Hall–Kier alpha value is -3.52. The van der Waals surface area contributed by atoms with Crippen molar-refractivity contribution in [2.75, 3.05) is 23.1 Å². The van der Waals surface area contributed by atoms with E-state index in [1.807, 2.05) is 0 Å². The molecule has 0 atom stereocenters. The van der Waals surface area contributed by atoms with E-state index in [9.17, 15) is 22.8 Å². The molecular formula is C23H20N2O5S. The fraction of sp³-hybridized carbons (Fsp3) is 0.174. The molecule has 2 amide bonds. The first-order chi connectivity index (χ1) is 14.6. The zero-order chi connectivity index (χ0) is 22.5. The number of nitrogens with zero attached hydrogens (tertiary/aromatic N) is 2. The highest BCUT2D eigenvalue weighted by molar-refractivity contribution is 7.90. The normalized spacial score (nSPS) is 14.5. The van der Waals surface area contributed by atoms with Gasteiger partial charge in [-0.25, -0.2) is 8.42 Å². The van der Waals surface area contributed by atoms with E-state index >= 15 is 0 Å². The van der Waals surface area contributed by atoms with Gasteiger partial charge in [0.05, 0.1) is 22.0 Å². The van der Waals surface area contributed by atoms with Crippen molar-refractivity contribution in [2.24, 2.45) is 0 Å². The van der Waals surface area contributed by atoms with Crippen LogP contribution in [0.2, 0.25) is 0 Å². The first-order valence-electron chi connectivity index (χ1n) is 9.55. The Labute approximate surface area is 179 Å². The highest BCUT2D eigenvalue weighted by Gasteiger charge is 2.32. The molecule has 0 radical (unpaired) electrons. The molecule has 0 saturated heterocycles. The second-order valence-corrected chi connectivity index (χ2v) is 9.57. The summed E-state index contributed by atoms with van der Waals surface area (Å²) in [5.41, 5.74) is 1.89. The number of fused-ring (bicyclic) bond motifs is 3. The SMILES string of the molecule is CC(=O)c1ccc2c3c(ccc2c1)N(c1cccc(S(C)(=O)=O)c1)C(=O)CC(=O)N3C. The zero-order valence-corrected chi connectivity index (χ0v) is 18.1. The molecule has 3 aromatic carbocycles. The van der Waals surface area contributed by atoms with Gasteiger partial charge in [-0.05, 0) is 42.6 Å². The lowest BCUT2D eigenvalue weighted by Crippen LogP contribution is -2.29. The van der Waals surface area contributed by atoms with E-state index in [-0.39, 0.29) is 23.0 Å². The number of carbonyl (C=O) groups excluding carboxylic acids is 3. The van der Waals surface area contributed by atoms with Crippen LogP contribution in [-0.4, -0.2) is 39.3 Å². The summed E-state index contributed by atoms with van der Waals surface area (Å²) in [6, 6.07) is 14.8. The van der Waals surface area contributed by atoms with Gasteiger partial charge in [0.15, 0.2) is 15.6 Å². The maximum Gasteiger partial charge on any atom is 0.241 e. The quantitative estimate of drug-likeness (QED) is 0.463. The van der Waals surface area contributed by atoms with E-state index in [2.05, 4.69) is 0 Å². The van der Waals surface area contributed by atoms with E-state index in [1.54, 1.807) is 49.5 Å². The number of sulfone groups is 1. The fourth-order valence-electron chi connectivity index (χ4n) is 3.78. The van der Waals surface area contributed by atoms with Gasteiger partial charge >= 0.3 is 0 Å². The molecule has 8 heteroatoms. The van der Waals surface area contributed by atoms with E-state index < -0.39 is 15.7 Å². The van der Waals surface area contributed by atoms with Gasteiger partial charge in [-0.2, -0.15) is 0 Å². The van der Waals surface area contributed by atoms with Crippen molar-refractivity contribution in [1.82, 2.24) is 0 Å². The van der Waals surface area contributed by atoms with E-state index in [0.717, 1.165) is 11.6 Å². The van der Waals surface area contributed by atoms with Crippen LogP contribution in [0.5, 0.6) is 0 Å². The third-order valence-electron chi connectivity index (χ3n) is 5.38. The number of Topliss-reactive ketones (excluding diaryl/α,β-unsaturated/α-hetero) is 1. The van der Waals surface area contributed by atoms with Crippen LogP contribution >= 0.6 is 0 Å². The molecule has 0 unspecified atom stereocenters. The maximum absolute atomic E-state index is 13.1. The van der Waals surface area contributed by atoms with Crippen molar-refractivity contribution in [3.8, 4) is 0 Å². The number of hydrogen-bond acceptors (Lipinski definition) is 5. The van der Waals surface area contributed by atoms with Crippen LogP contribution in [0.3, 0.4) is 0 Å². The molecule has 1 aliphatic heterocycles. The van der Waals surface area contributed by atoms with Gasteiger partial charge in [0, 0.05) is 24.3 Å². The molecule has 0 saturated carbocycles. The molecule has 158 valence electrons. The van der Waals surface area contributed by atoms with Crippen LogP contribution in [-0.2, 0) is 19.4 Å². The summed E-state index contributed by atoms with van der Waals surface area (Å²) < 4.78 is 24.1. The smallest absolute Gasteiger partial charge is 0.241 e. The Morgan fingerprint density at radius 3 is 2.39 bits per heavy atom. The van der Waals surface area contributed by atoms with E-state index in [1.165, 1.54) is 28.9 Å². The summed E-state index contributed by atoms with van der Waals surface area (Å²) in [6.07, 6.45) is 0.739. The van der Waals surface area contributed by atoms with Crippen LogP contribution in [0.4, 0.5) is 17.1 Å². The highest BCUT2D eigenvalue weighted by Crippen LogP contribution is 2.42. The third kappa shape index (κ3) is 3.59. The van der Waals surface area contributed by atoms with Crippen molar-refractivity contribution >= 4 is 55.3 Å². The molecule has 0 aromatic heterocycles. The summed E-state index contributed by atoms with van der Waals surface area (Å²) in [7, 11) is -1.88. The molecule has 0 spiro atoms. The predicted molar refractivity (Wildman–Crippen MR) is 119 cm³/mol. The fourth-order valence-corrected chi connectivity index (χ4v) is 4.44. The van der Waals surface area contributed by atoms with Gasteiger partial charge in [0.2, 0.25) is 11.8 Å². The second-order valence-electron chi connectivity index (χ2n) is 7.55. The molecule has 1 aliphatic rings. The van der Waals surface area contributed by atoms with E-state index in [0.29, 0.717) is 28.0 Å². The van der Waals surface area contributed by atoms with Crippen LogP contribution in [0.25, 0.3) is 10.8 Å². The Morgan fingerprint density at radius 2 is 1.71 bits per heavy atom. The van der Waals surface area contributed by atoms with E-state index in [4.69, 9.17) is 0 Å². The van der Waals surface area contributed by atoms with Crippen LogP contribution in [0.15, 0.2) is 59.5 Å². The van der Waals surface area contributed by atoms with Crippen LogP contribution < -0.4 is 9.80 Å². The lowest BCUT2D eigenvalue weighted by molar-refractivity contribution is -0.125. The first kappa shape index (κ1) is 20.7. The Balaban J connectivity index is 2.01. The second kappa shape index (κ2) is 7.31. The third-order valence-corrected chi connectivity index (χ3v) is 6.49. The predicted octanol–water partition coefficient (Wildman–Crippen LogP) is 3.48. The summed E-state index contributed by atoms with van der Waals surface area (Å²) >= 11 is 0. The molecular weight excluding hydrogens is 416 g/mol. The monoisotopic (exact) mass is 436 g/mol. The number of amides is 2. The van der Waals surface area contributed by atoms with Gasteiger partial charge < -0.3 is 4.90 Å². The lowest BCUT2D eigenvalue weighted by Gasteiger charge is -2.25. The minimum Gasteiger partial charge on any atom is -0.313 e. The number of anilines is 3. The van der Waals surface area contributed by atoms with Crippen molar-refractivity contribution in [2.45, 2.75) is 18.2 Å². The Morgan fingerprint density at radius 1 is 0.968 bits per heavy atom. The molecule has 0 fully saturated rings. The highest BCUT2D eigenvalue weighted by atomic mass is 32.2. The average Bonchev–Trinajstić information content (AvgIpc) is 2.81. The Bertz CT molecular complexity index is 1380. The molecule has 1 heterocycles. The maximum atomic E-state index is 13.1. The minimum atomic E-state index is -3.48. The molecule has 7 nitrogen and oxygen atoms in total. The molecule has 31 heavy (non-hydrogen) atoms. The van der Waals surface area contributed by atoms with Crippen molar-refractivity contribution < 1.29 is 22.8 Å². The standard InChI is InChI=1S/C23H20N2O5S/c1-14(26)15-7-9-19-16(11-15)8-10-20-23(19)24(2)21(27)13-22(28)25(20)17-5-4-6-18(12-17)31(3,29)30/h4-12H,13H2,1-3H3. The summed E-state index contributed by atoms with van der Waals surface area (Å²) in [5, 5.41) is 1.46. The molecule has 0 N–H and O–H groups in total. The van der Waals surface area contributed by atoms with Gasteiger partial charge in [-0.15, -0.1) is 0 Å². The number of hydrogen-bond donors (Lipinski definition) is 0. The first-order valence-corrected chi connectivity index (χ1v) is 11.4. The largest absolute Gasteiger partial charge is 0.313 e. The van der Waals surface area contributed by atoms with Crippen LogP contribution in [0.1, 0.15) is 23.7 Å². The van der Waals surface area contributed by atoms with Crippen molar-refractivity contribution in [3.63, 3.8) is 0 Å². The topological polar surface area (TPSA) is 91.8 Å². The number of benzene rings is 3. The van der Waals surface area contributed by atoms with Gasteiger partial charge in [0.25, 0.3) is 0 Å². The van der Waals surface area contributed by atoms with Crippen molar-refractivity contribution in [3.05, 3.63) is 60.2 Å². The molecule has 0 aliphatic carbocycles. The van der Waals surface area contributed by atoms with Crippen LogP contribution in [0, 0.1) is 0 Å².